The van der Waals surface area contributed by atoms with Crippen LogP contribution in [-0.4, -0.2) is 29.7 Å². The van der Waals surface area contributed by atoms with E-state index in [0.717, 1.165) is 24.1 Å². The van der Waals surface area contributed by atoms with E-state index in [-0.39, 0.29) is 6.03 Å². The molecule has 1 aromatic carbocycles. The molecule has 1 fully saturated rings. The zero-order valence-electron chi connectivity index (χ0n) is 11.8. The van der Waals surface area contributed by atoms with E-state index >= 15 is 0 Å². The number of anilines is 1. The fraction of sp³-hybridized carbons (Fsp3) is 0.467. The molecule has 2 N–H and O–H groups in total. The first-order valence-corrected chi connectivity index (χ1v) is 6.81. The molecule has 1 saturated carbocycles. The summed E-state index contributed by atoms with van der Waals surface area (Å²) in [7, 11) is 1.65. The van der Waals surface area contributed by atoms with Crippen LogP contribution in [-0.2, 0) is 4.79 Å². The lowest BCUT2D eigenvalue weighted by molar-refractivity contribution is -0.144. The Morgan fingerprint density at radius 2 is 1.85 bits per heavy atom. The predicted octanol–water partition coefficient (Wildman–Crippen LogP) is 2.54. The highest BCUT2D eigenvalue weighted by molar-refractivity contribution is 5.96. The van der Waals surface area contributed by atoms with Crippen LogP contribution in [0.3, 0.4) is 0 Å². The van der Waals surface area contributed by atoms with E-state index in [9.17, 15) is 14.7 Å². The lowest BCUT2D eigenvalue weighted by atomic mass is 9.98. The van der Waals surface area contributed by atoms with E-state index in [0.29, 0.717) is 12.8 Å². The van der Waals surface area contributed by atoms with Crippen LogP contribution in [0, 0.1) is 6.92 Å². The van der Waals surface area contributed by atoms with Gasteiger partial charge in [-0.05, 0) is 31.4 Å². The summed E-state index contributed by atoms with van der Waals surface area (Å²) in [5.41, 5.74) is 0.651. The molecule has 0 saturated heterocycles. The number of carboxylic acid groups (broad SMARTS) is 1. The molecule has 0 spiro atoms. The summed E-state index contributed by atoms with van der Waals surface area (Å²) < 4.78 is 0. The Balaban J connectivity index is 2.15. The molecule has 0 heterocycles. The number of hydrogen-bond donors (Lipinski definition) is 2. The van der Waals surface area contributed by atoms with Crippen molar-refractivity contribution in [1.29, 1.82) is 0 Å². The molecule has 5 heteroatoms. The lowest BCUT2D eigenvalue weighted by Crippen LogP contribution is -2.56. The zero-order valence-corrected chi connectivity index (χ0v) is 11.8. The molecule has 0 aromatic heterocycles. The molecule has 1 aliphatic carbocycles. The van der Waals surface area contributed by atoms with Crippen molar-refractivity contribution in [3.8, 4) is 0 Å². The van der Waals surface area contributed by atoms with Gasteiger partial charge in [0, 0.05) is 12.7 Å². The van der Waals surface area contributed by atoms with Gasteiger partial charge in [0.2, 0.25) is 0 Å². The lowest BCUT2D eigenvalue weighted by Gasteiger charge is -2.29. The van der Waals surface area contributed by atoms with Crippen LogP contribution >= 0.6 is 0 Å². The average molecular weight is 276 g/mol. The molecule has 2 rings (SSSR count). The van der Waals surface area contributed by atoms with Gasteiger partial charge in [0.1, 0.15) is 5.54 Å². The molecular formula is C15H20N2O3. The van der Waals surface area contributed by atoms with E-state index in [1.54, 1.807) is 7.05 Å². The molecule has 1 aliphatic rings. The number of aryl methyl sites for hydroxylation is 1. The van der Waals surface area contributed by atoms with Gasteiger partial charge in [-0.1, -0.05) is 31.0 Å². The second-order valence-electron chi connectivity index (χ2n) is 5.37. The SMILES string of the molecule is Cc1ccccc1N(C)C(=O)NC1(C(=O)O)CCCC1. The highest BCUT2D eigenvalue weighted by Gasteiger charge is 2.43. The Labute approximate surface area is 118 Å². The largest absolute Gasteiger partial charge is 0.480 e. The van der Waals surface area contributed by atoms with Crippen LogP contribution in [0.25, 0.3) is 0 Å². The Morgan fingerprint density at radius 1 is 1.25 bits per heavy atom. The first-order valence-electron chi connectivity index (χ1n) is 6.81. The fourth-order valence-corrected chi connectivity index (χ4v) is 2.71. The zero-order chi connectivity index (χ0) is 14.8. The number of carboxylic acids is 1. The molecule has 0 bridgehead atoms. The van der Waals surface area contributed by atoms with Gasteiger partial charge in [-0.25, -0.2) is 9.59 Å². The predicted molar refractivity (Wildman–Crippen MR) is 76.9 cm³/mol. The van der Waals surface area contributed by atoms with Crippen LogP contribution < -0.4 is 10.2 Å². The molecule has 0 radical (unpaired) electrons. The van der Waals surface area contributed by atoms with Crippen molar-refractivity contribution in [3.63, 3.8) is 0 Å². The molecular weight excluding hydrogens is 256 g/mol. The maximum absolute atomic E-state index is 12.3. The number of para-hydroxylation sites is 1. The van der Waals surface area contributed by atoms with Gasteiger partial charge in [0.05, 0.1) is 0 Å². The monoisotopic (exact) mass is 276 g/mol. The van der Waals surface area contributed by atoms with Gasteiger partial charge < -0.3 is 10.4 Å². The number of hydrogen-bond acceptors (Lipinski definition) is 2. The highest BCUT2D eigenvalue weighted by atomic mass is 16.4. The third-order valence-corrected chi connectivity index (χ3v) is 3.99. The average Bonchev–Trinajstić information content (AvgIpc) is 2.88. The number of urea groups is 1. The Hall–Kier alpha value is -2.04. The number of aliphatic carboxylic acids is 1. The van der Waals surface area contributed by atoms with E-state index in [2.05, 4.69) is 5.32 Å². The van der Waals surface area contributed by atoms with Gasteiger partial charge in [0.25, 0.3) is 0 Å². The minimum atomic E-state index is -1.10. The van der Waals surface area contributed by atoms with Crippen molar-refractivity contribution in [2.45, 2.75) is 38.1 Å². The minimum absolute atomic E-state index is 0.372. The van der Waals surface area contributed by atoms with E-state index in [4.69, 9.17) is 0 Å². The Kier molecular flexibility index (Phi) is 3.97. The first-order chi connectivity index (χ1) is 9.46. The van der Waals surface area contributed by atoms with E-state index in [1.165, 1.54) is 4.90 Å². The van der Waals surface area contributed by atoms with Gasteiger partial charge in [0.15, 0.2) is 0 Å². The molecule has 0 atom stereocenters. The van der Waals surface area contributed by atoms with Crippen molar-refractivity contribution in [2.24, 2.45) is 0 Å². The van der Waals surface area contributed by atoms with E-state index in [1.807, 2.05) is 31.2 Å². The number of carbonyl (C=O) groups excluding carboxylic acids is 1. The number of nitrogens with one attached hydrogen (secondary N) is 1. The highest BCUT2D eigenvalue weighted by Crippen LogP contribution is 2.30. The van der Waals surface area contributed by atoms with Gasteiger partial charge >= 0.3 is 12.0 Å². The second-order valence-corrected chi connectivity index (χ2v) is 5.37. The number of carbonyl (C=O) groups is 2. The van der Waals surface area contributed by atoms with Crippen LogP contribution in [0.1, 0.15) is 31.2 Å². The van der Waals surface area contributed by atoms with Crippen molar-refractivity contribution >= 4 is 17.7 Å². The summed E-state index contributed by atoms with van der Waals surface area (Å²) >= 11 is 0. The number of nitrogens with zero attached hydrogens (tertiary/aromatic N) is 1. The summed E-state index contributed by atoms with van der Waals surface area (Å²) in [6.45, 7) is 1.92. The summed E-state index contributed by atoms with van der Waals surface area (Å²) in [5, 5.41) is 12.1. The fourth-order valence-electron chi connectivity index (χ4n) is 2.71. The summed E-state index contributed by atoms with van der Waals surface area (Å²) in [5.74, 6) is -0.943. The molecule has 1 aromatic rings. The number of rotatable bonds is 3. The van der Waals surface area contributed by atoms with Crippen molar-refractivity contribution in [1.82, 2.24) is 5.32 Å². The standard InChI is InChI=1S/C15H20N2O3/c1-11-7-3-4-8-12(11)17(2)14(20)16-15(13(18)19)9-5-6-10-15/h3-4,7-8H,5-6,9-10H2,1-2H3,(H,16,20)(H,18,19). The Morgan fingerprint density at radius 3 is 2.40 bits per heavy atom. The van der Waals surface area contributed by atoms with E-state index < -0.39 is 11.5 Å². The summed E-state index contributed by atoms with van der Waals surface area (Å²) in [4.78, 5) is 25.2. The van der Waals surface area contributed by atoms with Crippen LogP contribution in [0.4, 0.5) is 10.5 Å². The summed E-state index contributed by atoms with van der Waals surface area (Å²) in [6, 6.07) is 7.15. The van der Waals surface area contributed by atoms with Gasteiger partial charge in [-0.2, -0.15) is 0 Å². The minimum Gasteiger partial charge on any atom is -0.480 e. The smallest absolute Gasteiger partial charge is 0.329 e. The summed E-state index contributed by atoms with van der Waals surface area (Å²) in [6.07, 6.45) is 2.66. The van der Waals surface area contributed by atoms with Crippen LogP contribution in [0.5, 0.6) is 0 Å². The number of benzene rings is 1. The van der Waals surface area contributed by atoms with Crippen molar-refractivity contribution < 1.29 is 14.7 Å². The molecule has 2 amide bonds. The molecule has 108 valence electrons. The molecule has 5 nitrogen and oxygen atoms in total. The van der Waals surface area contributed by atoms with Crippen molar-refractivity contribution in [2.75, 3.05) is 11.9 Å². The van der Waals surface area contributed by atoms with Gasteiger partial charge in [-0.3, -0.25) is 4.90 Å². The van der Waals surface area contributed by atoms with Crippen LogP contribution in [0.15, 0.2) is 24.3 Å². The first kappa shape index (κ1) is 14.4. The molecule has 0 unspecified atom stereocenters. The third kappa shape index (κ3) is 2.61. The number of amides is 2. The molecule has 0 aliphatic heterocycles. The third-order valence-electron chi connectivity index (χ3n) is 3.99. The van der Waals surface area contributed by atoms with Crippen LogP contribution in [0.2, 0.25) is 0 Å². The maximum atomic E-state index is 12.3. The Bertz CT molecular complexity index is 522. The topological polar surface area (TPSA) is 69.6 Å². The maximum Gasteiger partial charge on any atom is 0.329 e. The molecule has 20 heavy (non-hydrogen) atoms. The van der Waals surface area contributed by atoms with Gasteiger partial charge in [-0.15, -0.1) is 0 Å². The second kappa shape index (κ2) is 5.53. The van der Waals surface area contributed by atoms with Crippen molar-refractivity contribution in [3.05, 3.63) is 29.8 Å². The quantitative estimate of drug-likeness (QED) is 0.891. The normalized spacial score (nSPS) is 16.7.